The molecule has 3 rings (SSSR count). The predicted molar refractivity (Wildman–Crippen MR) is 79.2 cm³/mol. The number of aryl methyl sites for hydroxylation is 2. The Bertz CT molecular complexity index is 748. The number of thiophene rings is 1. The van der Waals surface area contributed by atoms with Gasteiger partial charge < -0.3 is 5.73 Å². The number of pyridine rings is 1. The standard InChI is InChI=1S/C14H14N4S/c1-3-9-7-16-5-4-10(9)13-17-12(15)11-6-8(2)19-14(11)18-13/h4-7H,3H2,1-2H3,(H2,15,17,18). The van der Waals surface area contributed by atoms with Crippen molar-refractivity contribution in [3.8, 4) is 11.4 Å². The molecule has 0 bridgehead atoms. The normalized spacial score (nSPS) is 11.1. The Hall–Kier alpha value is -2.01. The summed E-state index contributed by atoms with van der Waals surface area (Å²) in [5, 5.41) is 0.943. The van der Waals surface area contributed by atoms with Gasteiger partial charge in [-0.1, -0.05) is 6.92 Å². The second-order valence-electron chi connectivity index (χ2n) is 4.39. The number of nitrogen functional groups attached to an aromatic ring is 1. The smallest absolute Gasteiger partial charge is 0.163 e. The van der Waals surface area contributed by atoms with Crippen LogP contribution in [0, 0.1) is 6.92 Å². The van der Waals surface area contributed by atoms with Gasteiger partial charge in [-0.15, -0.1) is 11.3 Å². The third-order valence-corrected chi connectivity index (χ3v) is 4.02. The highest BCUT2D eigenvalue weighted by molar-refractivity contribution is 7.18. The average molecular weight is 270 g/mol. The molecule has 0 aliphatic carbocycles. The van der Waals surface area contributed by atoms with E-state index in [2.05, 4.69) is 28.8 Å². The molecule has 0 aliphatic heterocycles. The molecule has 0 atom stereocenters. The zero-order valence-electron chi connectivity index (χ0n) is 10.8. The minimum atomic E-state index is 0.545. The first kappa shape index (κ1) is 12.0. The lowest BCUT2D eigenvalue weighted by molar-refractivity contribution is 1.09. The Morgan fingerprint density at radius 3 is 2.95 bits per heavy atom. The molecule has 0 fully saturated rings. The maximum Gasteiger partial charge on any atom is 0.163 e. The molecule has 96 valence electrons. The van der Waals surface area contributed by atoms with Gasteiger partial charge in [-0.25, -0.2) is 9.97 Å². The van der Waals surface area contributed by atoms with Crippen molar-refractivity contribution in [1.82, 2.24) is 15.0 Å². The van der Waals surface area contributed by atoms with Gasteiger partial charge in [0.1, 0.15) is 10.6 Å². The summed E-state index contributed by atoms with van der Waals surface area (Å²) in [4.78, 5) is 15.4. The summed E-state index contributed by atoms with van der Waals surface area (Å²) in [7, 11) is 0. The molecule has 0 saturated carbocycles. The maximum absolute atomic E-state index is 6.04. The lowest BCUT2D eigenvalue weighted by Gasteiger charge is -2.06. The average Bonchev–Trinajstić information content (AvgIpc) is 2.79. The quantitative estimate of drug-likeness (QED) is 0.776. The topological polar surface area (TPSA) is 64.7 Å². The van der Waals surface area contributed by atoms with Crippen LogP contribution in [0.25, 0.3) is 21.6 Å². The molecule has 0 spiro atoms. The van der Waals surface area contributed by atoms with E-state index < -0.39 is 0 Å². The summed E-state index contributed by atoms with van der Waals surface area (Å²) in [6.07, 6.45) is 4.52. The van der Waals surface area contributed by atoms with Gasteiger partial charge >= 0.3 is 0 Å². The third-order valence-electron chi connectivity index (χ3n) is 3.07. The maximum atomic E-state index is 6.04. The highest BCUT2D eigenvalue weighted by Gasteiger charge is 2.12. The second kappa shape index (κ2) is 4.59. The molecule has 3 aromatic rings. The van der Waals surface area contributed by atoms with Crippen molar-refractivity contribution in [2.75, 3.05) is 5.73 Å². The number of hydrogen-bond donors (Lipinski definition) is 1. The van der Waals surface area contributed by atoms with Gasteiger partial charge in [0.25, 0.3) is 0 Å². The van der Waals surface area contributed by atoms with E-state index in [1.54, 1.807) is 17.5 Å². The lowest BCUT2D eigenvalue weighted by atomic mass is 10.1. The van der Waals surface area contributed by atoms with Crippen molar-refractivity contribution in [1.29, 1.82) is 0 Å². The number of rotatable bonds is 2. The number of nitrogens with zero attached hydrogens (tertiary/aromatic N) is 3. The van der Waals surface area contributed by atoms with Crippen LogP contribution in [0.15, 0.2) is 24.5 Å². The molecule has 0 unspecified atom stereocenters. The lowest BCUT2D eigenvalue weighted by Crippen LogP contribution is -1.98. The number of aromatic nitrogens is 3. The summed E-state index contributed by atoms with van der Waals surface area (Å²) in [6.45, 7) is 4.15. The van der Waals surface area contributed by atoms with Gasteiger partial charge in [0.2, 0.25) is 0 Å². The van der Waals surface area contributed by atoms with Crippen molar-refractivity contribution in [3.63, 3.8) is 0 Å². The van der Waals surface area contributed by atoms with E-state index in [1.165, 1.54) is 4.88 Å². The minimum Gasteiger partial charge on any atom is -0.383 e. The molecule has 3 heterocycles. The van der Waals surface area contributed by atoms with Crippen molar-refractivity contribution in [3.05, 3.63) is 35.0 Å². The Labute approximate surface area is 115 Å². The van der Waals surface area contributed by atoms with E-state index in [0.29, 0.717) is 11.6 Å². The zero-order chi connectivity index (χ0) is 13.4. The predicted octanol–water partition coefficient (Wildman–Crippen LogP) is 3.21. The molecular weight excluding hydrogens is 256 g/mol. The highest BCUT2D eigenvalue weighted by atomic mass is 32.1. The summed E-state index contributed by atoms with van der Waals surface area (Å²) in [6, 6.07) is 3.98. The first-order valence-corrected chi connectivity index (χ1v) is 6.97. The zero-order valence-corrected chi connectivity index (χ0v) is 11.7. The van der Waals surface area contributed by atoms with E-state index >= 15 is 0 Å². The number of nitrogens with two attached hydrogens (primary N) is 1. The number of hydrogen-bond acceptors (Lipinski definition) is 5. The largest absolute Gasteiger partial charge is 0.383 e. The Balaban J connectivity index is 2.25. The van der Waals surface area contributed by atoms with E-state index in [4.69, 9.17) is 5.73 Å². The van der Waals surface area contributed by atoms with Crippen LogP contribution in [0.1, 0.15) is 17.4 Å². The van der Waals surface area contributed by atoms with Gasteiger partial charge in [-0.05, 0) is 31.0 Å². The van der Waals surface area contributed by atoms with Crippen LogP contribution in [0.2, 0.25) is 0 Å². The van der Waals surface area contributed by atoms with Crippen molar-refractivity contribution >= 4 is 27.4 Å². The SMILES string of the molecule is CCc1cnccc1-c1nc(N)c2cc(C)sc2n1. The Kier molecular flexibility index (Phi) is 2.91. The number of fused-ring (bicyclic) bond motifs is 1. The van der Waals surface area contributed by atoms with Crippen molar-refractivity contribution < 1.29 is 0 Å². The molecule has 0 aliphatic rings. The third kappa shape index (κ3) is 2.06. The molecule has 2 N–H and O–H groups in total. The fraction of sp³-hybridized carbons (Fsp3) is 0.214. The highest BCUT2D eigenvalue weighted by Crippen LogP contribution is 2.30. The Morgan fingerprint density at radius 2 is 2.16 bits per heavy atom. The van der Waals surface area contributed by atoms with Crippen molar-refractivity contribution in [2.45, 2.75) is 20.3 Å². The molecular formula is C14H14N4S. The molecule has 19 heavy (non-hydrogen) atoms. The van der Waals surface area contributed by atoms with Gasteiger partial charge in [-0.3, -0.25) is 4.98 Å². The first-order valence-electron chi connectivity index (χ1n) is 6.16. The molecule has 3 aromatic heterocycles. The molecule has 0 radical (unpaired) electrons. The van der Waals surface area contributed by atoms with Gasteiger partial charge in [0.05, 0.1) is 5.39 Å². The van der Waals surface area contributed by atoms with Crippen molar-refractivity contribution in [2.24, 2.45) is 0 Å². The second-order valence-corrected chi connectivity index (χ2v) is 5.63. The summed E-state index contributed by atoms with van der Waals surface area (Å²) < 4.78 is 0. The first-order chi connectivity index (χ1) is 9.19. The van der Waals surface area contributed by atoms with Gasteiger partial charge in [0.15, 0.2) is 5.82 Å². The fourth-order valence-electron chi connectivity index (χ4n) is 2.11. The molecule has 0 aromatic carbocycles. The van der Waals surface area contributed by atoms with Crippen LogP contribution >= 0.6 is 11.3 Å². The monoisotopic (exact) mass is 270 g/mol. The van der Waals surface area contributed by atoms with Gasteiger partial charge in [-0.2, -0.15) is 0 Å². The van der Waals surface area contributed by atoms with E-state index in [0.717, 1.165) is 27.8 Å². The van der Waals surface area contributed by atoms with Crippen LogP contribution in [-0.2, 0) is 6.42 Å². The van der Waals surface area contributed by atoms with E-state index in [1.807, 2.05) is 18.3 Å². The van der Waals surface area contributed by atoms with E-state index in [9.17, 15) is 0 Å². The number of anilines is 1. The molecule has 4 nitrogen and oxygen atoms in total. The summed E-state index contributed by atoms with van der Waals surface area (Å²) in [5.41, 5.74) is 8.18. The van der Waals surface area contributed by atoms with Crippen LogP contribution < -0.4 is 5.73 Å². The van der Waals surface area contributed by atoms with Crippen LogP contribution in [-0.4, -0.2) is 15.0 Å². The van der Waals surface area contributed by atoms with Crippen LogP contribution in [0.3, 0.4) is 0 Å². The van der Waals surface area contributed by atoms with E-state index in [-0.39, 0.29) is 0 Å². The Morgan fingerprint density at radius 1 is 1.32 bits per heavy atom. The molecule has 0 saturated heterocycles. The fourth-order valence-corrected chi connectivity index (χ4v) is 3.00. The summed E-state index contributed by atoms with van der Waals surface area (Å²) >= 11 is 1.64. The summed E-state index contributed by atoms with van der Waals surface area (Å²) in [5.74, 6) is 1.23. The molecule has 0 amide bonds. The van der Waals surface area contributed by atoms with Crippen LogP contribution in [0.4, 0.5) is 5.82 Å². The minimum absolute atomic E-state index is 0.545. The van der Waals surface area contributed by atoms with Gasteiger partial charge in [0, 0.05) is 22.8 Å². The molecule has 5 heteroatoms. The van der Waals surface area contributed by atoms with Crippen LogP contribution in [0.5, 0.6) is 0 Å².